The lowest BCUT2D eigenvalue weighted by Crippen LogP contribution is -2.26. The zero-order valence-corrected chi connectivity index (χ0v) is 22.9. The van der Waals surface area contributed by atoms with Crippen LogP contribution in [0, 0.1) is 11.8 Å². The summed E-state index contributed by atoms with van der Waals surface area (Å²) < 4.78 is 7.28. The highest BCUT2D eigenvalue weighted by Gasteiger charge is 2.28. The van der Waals surface area contributed by atoms with Gasteiger partial charge in [-0.15, -0.1) is 11.6 Å². The fraction of sp³-hybridized carbons (Fsp3) is 0.300. The molecule has 0 saturated carbocycles. The second-order valence-corrected chi connectivity index (χ2v) is 11.0. The maximum atomic E-state index is 13.5. The van der Waals surface area contributed by atoms with Crippen LogP contribution < -0.4 is 10.7 Å². The van der Waals surface area contributed by atoms with Crippen LogP contribution in [0.5, 0.6) is 0 Å². The number of hydrogen-bond acceptors (Lipinski definition) is 6. The molecule has 4 atom stereocenters. The number of nitrogens with zero attached hydrogens (tertiary/aromatic N) is 2. The number of thiazole rings is 1. The minimum atomic E-state index is -0.638. The van der Waals surface area contributed by atoms with Gasteiger partial charge in [-0.2, -0.15) is 0 Å². The van der Waals surface area contributed by atoms with Crippen LogP contribution in [0.25, 0.3) is 10.3 Å². The Kier molecular flexibility index (Phi) is 7.95. The van der Waals surface area contributed by atoms with E-state index in [0.29, 0.717) is 16.5 Å². The Morgan fingerprint density at radius 1 is 1.26 bits per heavy atom. The SMILES string of the molecule is CCOC(=O)c1cn(C(c2ccccc2)C2C=CC=CC2)c2sc(NCC3=CC(Cl)C(C)C=C3)nc2c1=O. The average Bonchev–Trinajstić information content (AvgIpc) is 3.37. The van der Waals surface area contributed by atoms with Crippen LogP contribution in [0.2, 0.25) is 0 Å². The molecule has 2 aliphatic carbocycles. The van der Waals surface area contributed by atoms with Crippen molar-refractivity contribution < 1.29 is 9.53 Å². The first-order valence-corrected chi connectivity index (χ1v) is 14.1. The second-order valence-electron chi connectivity index (χ2n) is 9.50. The third kappa shape index (κ3) is 5.40. The number of esters is 1. The summed E-state index contributed by atoms with van der Waals surface area (Å²) in [5, 5.41) is 3.91. The van der Waals surface area contributed by atoms with Crippen molar-refractivity contribution >= 4 is 44.4 Å². The topological polar surface area (TPSA) is 73.2 Å². The summed E-state index contributed by atoms with van der Waals surface area (Å²) in [6.45, 7) is 4.52. The van der Waals surface area contributed by atoms with Crippen molar-refractivity contribution in [3.05, 3.63) is 106 Å². The molecule has 0 amide bonds. The Morgan fingerprint density at radius 3 is 2.79 bits per heavy atom. The number of ether oxygens (including phenoxy) is 1. The number of pyridine rings is 1. The Bertz CT molecular complexity index is 1500. The summed E-state index contributed by atoms with van der Waals surface area (Å²) in [6, 6.07) is 10.0. The van der Waals surface area contributed by atoms with Crippen molar-refractivity contribution in [3.8, 4) is 0 Å². The van der Waals surface area contributed by atoms with Crippen LogP contribution in [0.1, 0.15) is 42.2 Å². The number of carbonyl (C=O) groups excluding carboxylic acids is 1. The van der Waals surface area contributed by atoms with E-state index in [4.69, 9.17) is 16.3 Å². The first kappa shape index (κ1) is 26.2. The number of rotatable bonds is 8. The van der Waals surface area contributed by atoms with Gasteiger partial charge in [0, 0.05) is 18.7 Å². The largest absolute Gasteiger partial charge is 0.462 e. The monoisotopic (exact) mass is 547 g/mol. The summed E-state index contributed by atoms with van der Waals surface area (Å²) in [7, 11) is 0. The number of nitrogens with one attached hydrogen (secondary N) is 1. The quantitative estimate of drug-likeness (QED) is 0.257. The van der Waals surface area contributed by atoms with Crippen molar-refractivity contribution in [3.63, 3.8) is 0 Å². The van der Waals surface area contributed by atoms with E-state index in [-0.39, 0.29) is 40.9 Å². The molecule has 0 spiro atoms. The molecule has 5 rings (SSSR count). The van der Waals surface area contributed by atoms with Gasteiger partial charge in [0.05, 0.1) is 18.0 Å². The predicted molar refractivity (Wildman–Crippen MR) is 155 cm³/mol. The van der Waals surface area contributed by atoms with Crippen LogP contribution in [-0.4, -0.2) is 34.0 Å². The normalized spacial score (nSPS) is 21.3. The number of hydrogen-bond donors (Lipinski definition) is 1. The molecule has 4 unspecified atom stereocenters. The number of carbonyl (C=O) groups is 1. The number of fused-ring (bicyclic) bond motifs is 1. The molecule has 2 aromatic heterocycles. The van der Waals surface area contributed by atoms with Crippen molar-refractivity contribution in [2.24, 2.45) is 11.8 Å². The van der Waals surface area contributed by atoms with Gasteiger partial charge in [0.1, 0.15) is 15.9 Å². The van der Waals surface area contributed by atoms with E-state index in [2.05, 4.69) is 53.7 Å². The third-order valence-electron chi connectivity index (χ3n) is 6.86. The Hall–Kier alpha value is -3.42. The lowest BCUT2D eigenvalue weighted by molar-refractivity contribution is 0.0524. The summed E-state index contributed by atoms with van der Waals surface area (Å²) >= 11 is 7.83. The molecule has 0 radical (unpaired) electrons. The summed E-state index contributed by atoms with van der Waals surface area (Å²) in [5.41, 5.74) is 1.97. The molecule has 38 heavy (non-hydrogen) atoms. The molecule has 0 aliphatic heterocycles. The highest BCUT2D eigenvalue weighted by Crippen LogP contribution is 2.37. The maximum absolute atomic E-state index is 13.5. The van der Waals surface area contributed by atoms with Gasteiger partial charge >= 0.3 is 5.97 Å². The molecule has 196 valence electrons. The van der Waals surface area contributed by atoms with E-state index in [9.17, 15) is 9.59 Å². The lowest BCUT2D eigenvalue weighted by atomic mass is 9.87. The molecular formula is C30H30ClN3O3S. The van der Waals surface area contributed by atoms with Crippen LogP contribution >= 0.6 is 22.9 Å². The van der Waals surface area contributed by atoms with Gasteiger partial charge in [-0.3, -0.25) is 4.79 Å². The number of aromatic nitrogens is 2. The lowest BCUT2D eigenvalue weighted by Gasteiger charge is -2.29. The third-order valence-corrected chi connectivity index (χ3v) is 8.41. The Labute approximate surface area is 231 Å². The number of allylic oxidation sites excluding steroid dienone is 6. The average molecular weight is 548 g/mol. The molecule has 1 aromatic carbocycles. The molecule has 2 aliphatic rings. The van der Waals surface area contributed by atoms with Gasteiger partial charge in [-0.1, -0.05) is 91.1 Å². The smallest absolute Gasteiger partial charge is 0.343 e. The van der Waals surface area contributed by atoms with Gasteiger partial charge < -0.3 is 14.6 Å². The second kappa shape index (κ2) is 11.5. The molecular weight excluding hydrogens is 518 g/mol. The van der Waals surface area contributed by atoms with E-state index in [1.165, 1.54) is 11.3 Å². The Balaban J connectivity index is 1.61. The molecule has 2 heterocycles. The van der Waals surface area contributed by atoms with Gasteiger partial charge in [-0.05, 0) is 30.4 Å². The fourth-order valence-electron chi connectivity index (χ4n) is 4.84. The minimum Gasteiger partial charge on any atom is -0.462 e. The van der Waals surface area contributed by atoms with E-state index in [0.717, 1.165) is 17.6 Å². The minimum absolute atomic E-state index is 0.00986. The van der Waals surface area contributed by atoms with Crippen molar-refractivity contribution in [2.75, 3.05) is 18.5 Å². The first-order valence-electron chi connectivity index (χ1n) is 12.8. The van der Waals surface area contributed by atoms with Crippen LogP contribution in [0.3, 0.4) is 0 Å². The van der Waals surface area contributed by atoms with Crippen LogP contribution in [0.15, 0.2) is 89.4 Å². The number of benzene rings is 1. The predicted octanol–water partition coefficient (Wildman–Crippen LogP) is 6.51. The molecule has 8 heteroatoms. The van der Waals surface area contributed by atoms with Gasteiger partial charge in [0.25, 0.3) is 0 Å². The number of alkyl halides is 1. The van der Waals surface area contributed by atoms with E-state index in [1.807, 2.05) is 41.0 Å². The molecule has 0 fully saturated rings. The van der Waals surface area contributed by atoms with Gasteiger partial charge in [-0.25, -0.2) is 9.78 Å². The standard InChI is InChI=1S/C30H30ClN3O3S/c1-3-37-29(36)23-18-34(26(21-10-6-4-7-11-21)22-12-8-5-9-13-22)28-25(27(23)35)33-30(38-28)32-17-20-15-14-19(2)24(31)16-20/h4-12,14-16,18-19,22,24,26H,3,13,17H2,1-2H3,(H,32,33). The van der Waals surface area contributed by atoms with Gasteiger partial charge in [0.2, 0.25) is 5.43 Å². The molecule has 1 N–H and O–H groups in total. The van der Waals surface area contributed by atoms with Crippen molar-refractivity contribution in [2.45, 2.75) is 31.7 Å². The summed E-state index contributed by atoms with van der Waals surface area (Å²) in [4.78, 5) is 31.7. The molecule has 0 saturated heterocycles. The maximum Gasteiger partial charge on any atom is 0.343 e. The molecule has 6 nitrogen and oxygen atoms in total. The zero-order chi connectivity index (χ0) is 26.6. The summed E-state index contributed by atoms with van der Waals surface area (Å²) in [5.74, 6) is -0.229. The number of halogens is 1. The van der Waals surface area contributed by atoms with Crippen molar-refractivity contribution in [1.82, 2.24) is 9.55 Å². The van der Waals surface area contributed by atoms with E-state index < -0.39 is 11.4 Å². The van der Waals surface area contributed by atoms with E-state index in [1.54, 1.807) is 13.1 Å². The highest BCUT2D eigenvalue weighted by molar-refractivity contribution is 7.21. The summed E-state index contributed by atoms with van der Waals surface area (Å²) in [6.07, 6.45) is 17.1. The Morgan fingerprint density at radius 2 is 2.08 bits per heavy atom. The number of anilines is 1. The molecule has 3 aromatic rings. The van der Waals surface area contributed by atoms with Crippen LogP contribution in [-0.2, 0) is 4.74 Å². The van der Waals surface area contributed by atoms with E-state index >= 15 is 0 Å². The van der Waals surface area contributed by atoms with Crippen LogP contribution in [0.4, 0.5) is 5.13 Å². The van der Waals surface area contributed by atoms with Crippen molar-refractivity contribution in [1.29, 1.82) is 0 Å². The highest BCUT2D eigenvalue weighted by atomic mass is 35.5. The molecule has 0 bridgehead atoms. The zero-order valence-electron chi connectivity index (χ0n) is 21.3. The fourth-order valence-corrected chi connectivity index (χ4v) is 6.06. The van der Waals surface area contributed by atoms with Gasteiger partial charge in [0.15, 0.2) is 5.13 Å². The first-order chi connectivity index (χ1) is 18.5.